The summed E-state index contributed by atoms with van der Waals surface area (Å²) in [5.74, 6) is 0.337. The molecule has 0 aromatic rings. The zero-order valence-electron chi connectivity index (χ0n) is 10.9. The summed E-state index contributed by atoms with van der Waals surface area (Å²) in [7, 11) is -2.95. The quantitative estimate of drug-likeness (QED) is 0.675. The molecule has 1 aliphatic rings. The fraction of sp³-hybridized carbons (Fsp3) is 1.00. The molecule has 1 fully saturated rings. The average molecular weight is 326 g/mol. The molecule has 0 atom stereocenters. The summed E-state index contributed by atoms with van der Waals surface area (Å²) < 4.78 is 25.5. The molecule has 0 aromatic heterocycles. The van der Waals surface area contributed by atoms with E-state index < -0.39 is 10.0 Å². The number of halogens is 1. The van der Waals surface area contributed by atoms with Crippen LogP contribution < -0.4 is 0 Å². The molecule has 3 nitrogen and oxygen atoms in total. The summed E-state index contributed by atoms with van der Waals surface area (Å²) in [5, 5.41) is 0.897. The second-order valence-electron chi connectivity index (χ2n) is 5.14. The Morgan fingerprint density at radius 1 is 1.24 bits per heavy atom. The predicted octanol–water partition coefficient (Wildman–Crippen LogP) is 3.00. The van der Waals surface area contributed by atoms with E-state index in [1.165, 1.54) is 0 Å². The standard InChI is InChI=1S/C12H24BrNO2S/c1-3-6-12(10-13,7-4-2)11-14-8-5-9-17(14,15)16/h3-11H2,1-2H3. The molecule has 1 heterocycles. The summed E-state index contributed by atoms with van der Waals surface area (Å²) in [6.07, 6.45) is 5.20. The van der Waals surface area contributed by atoms with Gasteiger partial charge >= 0.3 is 0 Å². The Kier molecular flexibility index (Phi) is 5.93. The first-order valence-electron chi connectivity index (χ1n) is 6.53. The van der Waals surface area contributed by atoms with Crippen LogP contribution in [0.3, 0.4) is 0 Å². The molecule has 0 aromatic carbocycles. The Balaban J connectivity index is 2.78. The van der Waals surface area contributed by atoms with Crippen LogP contribution in [0.1, 0.15) is 46.0 Å². The highest BCUT2D eigenvalue weighted by Gasteiger charge is 2.36. The highest BCUT2D eigenvalue weighted by atomic mass is 79.9. The van der Waals surface area contributed by atoms with E-state index >= 15 is 0 Å². The van der Waals surface area contributed by atoms with Crippen molar-refractivity contribution < 1.29 is 8.42 Å². The van der Waals surface area contributed by atoms with E-state index in [1.807, 2.05) is 0 Å². The van der Waals surface area contributed by atoms with Crippen LogP contribution in [-0.4, -0.2) is 36.9 Å². The van der Waals surface area contributed by atoms with Gasteiger partial charge in [-0.15, -0.1) is 0 Å². The minimum atomic E-state index is -2.95. The number of alkyl halides is 1. The third-order valence-corrected chi connectivity index (χ3v) is 6.65. The van der Waals surface area contributed by atoms with Gasteiger partial charge in [-0.2, -0.15) is 0 Å². The molecule has 0 aliphatic carbocycles. The molecule has 0 amide bonds. The van der Waals surface area contributed by atoms with Crippen LogP contribution in [0, 0.1) is 5.41 Å². The summed E-state index contributed by atoms with van der Waals surface area (Å²) in [5.41, 5.74) is 0.126. The lowest BCUT2D eigenvalue weighted by Crippen LogP contribution is -2.40. The lowest BCUT2D eigenvalue weighted by molar-refractivity contribution is 0.214. The molecule has 102 valence electrons. The second-order valence-corrected chi connectivity index (χ2v) is 7.79. The Hall–Kier alpha value is 0.390. The Morgan fingerprint density at radius 2 is 1.82 bits per heavy atom. The molecule has 5 heteroatoms. The fourth-order valence-corrected chi connectivity index (χ4v) is 5.13. The minimum Gasteiger partial charge on any atom is -0.212 e. The monoisotopic (exact) mass is 325 g/mol. The van der Waals surface area contributed by atoms with Gasteiger partial charge in [0.15, 0.2) is 0 Å². The molecule has 0 bridgehead atoms. The zero-order chi connectivity index (χ0) is 12.9. The van der Waals surface area contributed by atoms with Gasteiger partial charge in [0.1, 0.15) is 0 Å². The van der Waals surface area contributed by atoms with Crippen molar-refractivity contribution in [3.05, 3.63) is 0 Å². The predicted molar refractivity (Wildman–Crippen MR) is 76.0 cm³/mol. The third-order valence-electron chi connectivity index (χ3n) is 3.56. The number of hydrogen-bond donors (Lipinski definition) is 0. The molecule has 1 saturated heterocycles. The Bertz CT molecular complexity index is 323. The molecular formula is C12H24BrNO2S. The van der Waals surface area contributed by atoms with E-state index in [2.05, 4.69) is 29.8 Å². The van der Waals surface area contributed by atoms with E-state index in [4.69, 9.17) is 0 Å². The summed E-state index contributed by atoms with van der Waals surface area (Å²) >= 11 is 3.60. The van der Waals surface area contributed by atoms with Crippen LogP contribution in [0.4, 0.5) is 0 Å². The first-order valence-corrected chi connectivity index (χ1v) is 9.26. The third kappa shape index (κ3) is 3.93. The van der Waals surface area contributed by atoms with Gasteiger partial charge in [-0.25, -0.2) is 12.7 Å². The van der Waals surface area contributed by atoms with Crippen LogP contribution in [0.25, 0.3) is 0 Å². The van der Waals surface area contributed by atoms with E-state index in [0.717, 1.165) is 37.4 Å². The van der Waals surface area contributed by atoms with Crippen LogP contribution in [0.2, 0.25) is 0 Å². The molecule has 0 N–H and O–H groups in total. The van der Waals surface area contributed by atoms with Gasteiger partial charge in [-0.05, 0) is 24.7 Å². The summed E-state index contributed by atoms with van der Waals surface area (Å²) in [4.78, 5) is 0. The average Bonchev–Trinajstić information content (AvgIpc) is 2.59. The molecule has 1 rings (SSSR count). The van der Waals surface area contributed by atoms with Crippen LogP contribution >= 0.6 is 15.9 Å². The van der Waals surface area contributed by atoms with Crippen molar-refractivity contribution in [3.8, 4) is 0 Å². The molecule has 1 aliphatic heterocycles. The van der Waals surface area contributed by atoms with E-state index in [-0.39, 0.29) is 5.41 Å². The van der Waals surface area contributed by atoms with E-state index in [1.54, 1.807) is 4.31 Å². The first-order chi connectivity index (χ1) is 7.99. The van der Waals surface area contributed by atoms with Crippen LogP contribution in [-0.2, 0) is 10.0 Å². The number of sulfonamides is 1. The highest BCUT2D eigenvalue weighted by molar-refractivity contribution is 9.09. The fourth-order valence-electron chi connectivity index (χ4n) is 2.76. The van der Waals surface area contributed by atoms with Gasteiger partial charge in [-0.3, -0.25) is 0 Å². The molecule has 0 spiro atoms. The Labute approximate surface area is 114 Å². The van der Waals surface area contributed by atoms with Gasteiger partial charge < -0.3 is 0 Å². The number of nitrogens with zero attached hydrogens (tertiary/aromatic N) is 1. The molecule has 0 unspecified atom stereocenters. The largest absolute Gasteiger partial charge is 0.214 e. The number of rotatable bonds is 7. The summed E-state index contributed by atoms with van der Waals surface area (Å²) in [6.45, 7) is 5.75. The van der Waals surface area contributed by atoms with Crippen molar-refractivity contribution in [2.75, 3.05) is 24.2 Å². The zero-order valence-corrected chi connectivity index (χ0v) is 13.3. The maximum atomic E-state index is 11.9. The Morgan fingerprint density at radius 3 is 2.18 bits per heavy atom. The first kappa shape index (κ1) is 15.4. The lowest BCUT2D eigenvalue weighted by atomic mass is 9.81. The SMILES string of the molecule is CCCC(CBr)(CCC)CN1CCCS1(=O)=O. The van der Waals surface area contributed by atoms with Crippen molar-refractivity contribution in [2.45, 2.75) is 46.0 Å². The van der Waals surface area contributed by atoms with Crippen molar-refractivity contribution in [1.82, 2.24) is 4.31 Å². The lowest BCUT2D eigenvalue weighted by Gasteiger charge is -2.35. The van der Waals surface area contributed by atoms with Gasteiger partial charge in [0.25, 0.3) is 0 Å². The second kappa shape index (κ2) is 6.53. The topological polar surface area (TPSA) is 37.4 Å². The number of hydrogen-bond acceptors (Lipinski definition) is 2. The van der Waals surface area contributed by atoms with Crippen molar-refractivity contribution in [1.29, 1.82) is 0 Å². The molecule has 17 heavy (non-hydrogen) atoms. The maximum Gasteiger partial charge on any atom is 0.214 e. The van der Waals surface area contributed by atoms with Crippen LogP contribution in [0.15, 0.2) is 0 Å². The smallest absolute Gasteiger partial charge is 0.212 e. The van der Waals surface area contributed by atoms with Gasteiger partial charge in [-0.1, -0.05) is 42.6 Å². The minimum absolute atomic E-state index is 0.126. The maximum absolute atomic E-state index is 11.9. The van der Waals surface area contributed by atoms with Crippen molar-refractivity contribution in [2.24, 2.45) is 5.41 Å². The van der Waals surface area contributed by atoms with Gasteiger partial charge in [0, 0.05) is 18.4 Å². The van der Waals surface area contributed by atoms with Crippen molar-refractivity contribution >= 4 is 26.0 Å². The summed E-state index contributed by atoms with van der Waals surface area (Å²) in [6, 6.07) is 0. The molecule has 0 saturated carbocycles. The van der Waals surface area contributed by atoms with E-state index in [0.29, 0.717) is 18.8 Å². The van der Waals surface area contributed by atoms with E-state index in [9.17, 15) is 8.42 Å². The molecular weight excluding hydrogens is 302 g/mol. The highest BCUT2D eigenvalue weighted by Crippen LogP contribution is 2.35. The normalized spacial score (nSPS) is 20.9. The van der Waals surface area contributed by atoms with Gasteiger partial charge in [0.2, 0.25) is 10.0 Å². The van der Waals surface area contributed by atoms with Crippen LogP contribution in [0.5, 0.6) is 0 Å². The van der Waals surface area contributed by atoms with Crippen molar-refractivity contribution in [3.63, 3.8) is 0 Å². The van der Waals surface area contributed by atoms with Gasteiger partial charge in [0.05, 0.1) is 5.75 Å². The molecule has 0 radical (unpaired) electrons.